The maximum atomic E-state index is 11.3. The van der Waals surface area contributed by atoms with Crippen LogP contribution in [0.5, 0.6) is 0 Å². The summed E-state index contributed by atoms with van der Waals surface area (Å²) in [6.07, 6.45) is 0.384. The number of ether oxygens (including phenoxy) is 1. The summed E-state index contributed by atoms with van der Waals surface area (Å²) in [7, 11) is 0. The van der Waals surface area contributed by atoms with E-state index in [1.807, 2.05) is 6.92 Å². The van der Waals surface area contributed by atoms with Crippen LogP contribution in [0.25, 0.3) is 0 Å². The van der Waals surface area contributed by atoms with Crippen molar-refractivity contribution in [1.29, 1.82) is 0 Å². The second-order valence-electron chi connectivity index (χ2n) is 3.62. The lowest BCUT2D eigenvalue weighted by Crippen LogP contribution is -2.42. The lowest BCUT2D eigenvalue weighted by Gasteiger charge is -2.21. The fraction of sp³-hybridized carbons (Fsp3) is 0.900. The number of amides is 1. The zero-order chi connectivity index (χ0) is 11.0. The first-order valence-corrected chi connectivity index (χ1v) is 5.19. The monoisotopic (exact) mass is 202 g/mol. The number of hydrogen-bond acceptors (Lipinski definition) is 3. The standard InChI is InChI=1S/C10H22N2O2/c1-4-14-7-9(8(2)3)12-10(13)5-6-11/h8-9H,4-7,11H2,1-3H3,(H,12,13). The van der Waals surface area contributed by atoms with E-state index in [0.717, 1.165) is 0 Å². The van der Waals surface area contributed by atoms with E-state index >= 15 is 0 Å². The topological polar surface area (TPSA) is 64.3 Å². The minimum atomic E-state index is 0.00547. The van der Waals surface area contributed by atoms with Crippen molar-refractivity contribution in [3.05, 3.63) is 0 Å². The Morgan fingerprint density at radius 3 is 2.57 bits per heavy atom. The largest absolute Gasteiger partial charge is 0.380 e. The Balaban J connectivity index is 3.89. The Morgan fingerprint density at radius 1 is 1.50 bits per heavy atom. The van der Waals surface area contributed by atoms with Gasteiger partial charge in [-0.15, -0.1) is 0 Å². The van der Waals surface area contributed by atoms with Crippen LogP contribution < -0.4 is 11.1 Å². The minimum Gasteiger partial charge on any atom is -0.380 e. The summed E-state index contributed by atoms with van der Waals surface area (Å²) in [5, 5.41) is 2.91. The second-order valence-corrected chi connectivity index (χ2v) is 3.62. The molecule has 1 amide bonds. The highest BCUT2D eigenvalue weighted by Crippen LogP contribution is 2.02. The average Bonchev–Trinajstić information content (AvgIpc) is 2.12. The third-order valence-corrected chi connectivity index (χ3v) is 2.02. The van der Waals surface area contributed by atoms with Gasteiger partial charge in [-0.2, -0.15) is 0 Å². The highest BCUT2D eigenvalue weighted by Gasteiger charge is 2.15. The summed E-state index contributed by atoms with van der Waals surface area (Å²) in [6, 6.07) is 0.0917. The van der Waals surface area contributed by atoms with Crippen LogP contribution >= 0.6 is 0 Å². The van der Waals surface area contributed by atoms with Gasteiger partial charge >= 0.3 is 0 Å². The van der Waals surface area contributed by atoms with Gasteiger partial charge in [0.05, 0.1) is 12.6 Å². The molecule has 0 aromatic carbocycles. The Kier molecular flexibility index (Phi) is 7.42. The van der Waals surface area contributed by atoms with Crippen LogP contribution in [0, 0.1) is 5.92 Å². The van der Waals surface area contributed by atoms with Gasteiger partial charge in [-0.25, -0.2) is 0 Å². The van der Waals surface area contributed by atoms with Crippen LogP contribution in [0.4, 0.5) is 0 Å². The highest BCUT2D eigenvalue weighted by atomic mass is 16.5. The number of hydrogen-bond donors (Lipinski definition) is 2. The van der Waals surface area contributed by atoms with Crippen molar-refractivity contribution in [2.24, 2.45) is 11.7 Å². The molecule has 4 nitrogen and oxygen atoms in total. The predicted molar refractivity (Wildman–Crippen MR) is 56.9 cm³/mol. The van der Waals surface area contributed by atoms with Crippen molar-refractivity contribution < 1.29 is 9.53 Å². The molecule has 0 aliphatic rings. The molecular weight excluding hydrogens is 180 g/mol. The van der Waals surface area contributed by atoms with E-state index in [9.17, 15) is 4.79 Å². The van der Waals surface area contributed by atoms with E-state index < -0.39 is 0 Å². The molecule has 14 heavy (non-hydrogen) atoms. The van der Waals surface area contributed by atoms with Crippen molar-refractivity contribution >= 4 is 5.91 Å². The van der Waals surface area contributed by atoms with Crippen molar-refractivity contribution in [2.75, 3.05) is 19.8 Å². The lowest BCUT2D eigenvalue weighted by atomic mass is 10.1. The molecule has 0 spiro atoms. The third kappa shape index (κ3) is 5.94. The van der Waals surface area contributed by atoms with Crippen LogP contribution in [-0.2, 0) is 9.53 Å². The van der Waals surface area contributed by atoms with Gasteiger partial charge < -0.3 is 15.8 Å². The molecule has 0 aliphatic carbocycles. The molecule has 0 rings (SSSR count). The summed E-state index contributed by atoms with van der Waals surface area (Å²) in [4.78, 5) is 11.3. The van der Waals surface area contributed by atoms with Crippen molar-refractivity contribution in [3.63, 3.8) is 0 Å². The Labute approximate surface area is 86.2 Å². The maximum Gasteiger partial charge on any atom is 0.221 e. The first-order valence-electron chi connectivity index (χ1n) is 5.19. The van der Waals surface area contributed by atoms with Crippen LogP contribution in [0.1, 0.15) is 27.2 Å². The fourth-order valence-corrected chi connectivity index (χ4v) is 1.06. The Bertz CT molecular complexity index is 160. The molecule has 0 radical (unpaired) electrons. The second kappa shape index (κ2) is 7.76. The van der Waals surface area contributed by atoms with E-state index in [1.54, 1.807) is 0 Å². The smallest absolute Gasteiger partial charge is 0.221 e. The predicted octanol–water partition coefficient (Wildman–Crippen LogP) is 0.513. The van der Waals surface area contributed by atoms with Gasteiger partial charge in [-0.1, -0.05) is 13.8 Å². The van der Waals surface area contributed by atoms with Gasteiger partial charge in [0.25, 0.3) is 0 Å². The fourth-order valence-electron chi connectivity index (χ4n) is 1.06. The molecule has 0 saturated heterocycles. The summed E-state index contributed by atoms with van der Waals surface area (Å²) >= 11 is 0. The van der Waals surface area contributed by atoms with Gasteiger partial charge in [0, 0.05) is 19.6 Å². The van der Waals surface area contributed by atoms with Crippen molar-refractivity contribution in [2.45, 2.75) is 33.2 Å². The average molecular weight is 202 g/mol. The maximum absolute atomic E-state index is 11.3. The molecule has 1 unspecified atom stereocenters. The number of rotatable bonds is 7. The van der Waals surface area contributed by atoms with Crippen LogP contribution in [0.15, 0.2) is 0 Å². The SMILES string of the molecule is CCOCC(NC(=O)CCN)C(C)C. The van der Waals surface area contributed by atoms with Crippen LogP contribution in [0.3, 0.4) is 0 Å². The number of carbonyl (C=O) groups excluding carboxylic acids is 1. The van der Waals surface area contributed by atoms with Crippen LogP contribution in [0.2, 0.25) is 0 Å². The quantitative estimate of drug-likeness (QED) is 0.632. The molecule has 0 fully saturated rings. The van der Waals surface area contributed by atoms with Crippen LogP contribution in [-0.4, -0.2) is 31.7 Å². The Morgan fingerprint density at radius 2 is 2.14 bits per heavy atom. The molecule has 3 N–H and O–H groups in total. The number of nitrogens with one attached hydrogen (secondary N) is 1. The van der Waals surface area contributed by atoms with Crippen molar-refractivity contribution in [3.8, 4) is 0 Å². The van der Waals surface area contributed by atoms with E-state index in [0.29, 0.717) is 32.1 Å². The number of carbonyl (C=O) groups is 1. The third-order valence-electron chi connectivity index (χ3n) is 2.02. The summed E-state index contributed by atoms with van der Waals surface area (Å²) < 4.78 is 5.29. The summed E-state index contributed by atoms with van der Waals surface area (Å²) in [5.74, 6) is 0.383. The van der Waals surface area contributed by atoms with Gasteiger partial charge in [0.1, 0.15) is 0 Å². The number of nitrogens with two attached hydrogens (primary N) is 1. The molecule has 0 aliphatic heterocycles. The lowest BCUT2D eigenvalue weighted by molar-refractivity contribution is -0.122. The molecule has 0 saturated carbocycles. The molecule has 0 heterocycles. The van der Waals surface area contributed by atoms with E-state index in [4.69, 9.17) is 10.5 Å². The molecule has 1 atom stereocenters. The molecule has 0 aromatic heterocycles. The van der Waals surface area contributed by atoms with Gasteiger partial charge in [0.2, 0.25) is 5.91 Å². The molecule has 0 aromatic rings. The molecule has 84 valence electrons. The first-order chi connectivity index (χ1) is 6.61. The van der Waals surface area contributed by atoms with E-state index in [2.05, 4.69) is 19.2 Å². The van der Waals surface area contributed by atoms with Gasteiger partial charge in [0.15, 0.2) is 0 Å². The zero-order valence-corrected chi connectivity index (χ0v) is 9.38. The minimum absolute atomic E-state index is 0.00547. The highest BCUT2D eigenvalue weighted by molar-refractivity contribution is 5.76. The van der Waals surface area contributed by atoms with E-state index in [1.165, 1.54) is 0 Å². The first kappa shape index (κ1) is 13.4. The Hall–Kier alpha value is -0.610. The van der Waals surface area contributed by atoms with Crippen molar-refractivity contribution in [1.82, 2.24) is 5.32 Å². The normalized spacial score (nSPS) is 12.9. The van der Waals surface area contributed by atoms with Gasteiger partial charge in [-0.05, 0) is 12.8 Å². The molecular formula is C10H22N2O2. The molecule has 4 heteroatoms. The van der Waals surface area contributed by atoms with Gasteiger partial charge in [-0.3, -0.25) is 4.79 Å². The summed E-state index contributed by atoms with van der Waals surface area (Å²) in [6.45, 7) is 7.71. The van der Waals surface area contributed by atoms with E-state index in [-0.39, 0.29) is 11.9 Å². The molecule has 0 bridgehead atoms. The zero-order valence-electron chi connectivity index (χ0n) is 9.38. The summed E-state index contributed by atoms with van der Waals surface area (Å²) in [5.41, 5.74) is 5.29.